The average molecular weight is 277 g/mol. The number of hydrogen-bond acceptors (Lipinski definition) is 3. The van der Waals surface area contributed by atoms with Crippen molar-refractivity contribution < 1.29 is 0 Å². The van der Waals surface area contributed by atoms with E-state index >= 15 is 0 Å². The van der Waals surface area contributed by atoms with Crippen LogP contribution < -0.4 is 5.73 Å². The maximum atomic E-state index is 5.98. The van der Waals surface area contributed by atoms with Gasteiger partial charge in [-0.15, -0.1) is 0 Å². The average Bonchev–Trinajstić information content (AvgIpc) is 2.39. The van der Waals surface area contributed by atoms with Crippen molar-refractivity contribution in [2.45, 2.75) is 32.2 Å². The standard InChI is InChI=1S/C17H31N3/c1-14(2)15-7-9-16(10-8-15)17(13-18)20(5)12-6-11-19(3)4/h7-10,14,17H,6,11-13,18H2,1-5H3. The summed E-state index contributed by atoms with van der Waals surface area (Å²) in [5.41, 5.74) is 8.70. The Morgan fingerprint density at radius 3 is 1.95 bits per heavy atom. The number of benzene rings is 1. The highest BCUT2D eigenvalue weighted by molar-refractivity contribution is 5.27. The first-order valence-corrected chi connectivity index (χ1v) is 7.60. The molecule has 0 heterocycles. The summed E-state index contributed by atoms with van der Waals surface area (Å²) < 4.78 is 0. The van der Waals surface area contributed by atoms with Gasteiger partial charge in [0.05, 0.1) is 0 Å². The molecule has 0 saturated heterocycles. The number of hydrogen-bond donors (Lipinski definition) is 1. The van der Waals surface area contributed by atoms with Crippen LogP contribution in [0.2, 0.25) is 0 Å². The van der Waals surface area contributed by atoms with E-state index in [0.717, 1.165) is 13.1 Å². The van der Waals surface area contributed by atoms with Crippen LogP contribution in [0.3, 0.4) is 0 Å². The van der Waals surface area contributed by atoms with Gasteiger partial charge < -0.3 is 10.6 Å². The molecule has 1 unspecified atom stereocenters. The molecule has 1 atom stereocenters. The zero-order valence-electron chi connectivity index (χ0n) is 13.8. The Hall–Kier alpha value is -0.900. The monoisotopic (exact) mass is 277 g/mol. The summed E-state index contributed by atoms with van der Waals surface area (Å²) in [7, 11) is 6.40. The van der Waals surface area contributed by atoms with Gasteiger partial charge in [-0.3, -0.25) is 4.90 Å². The van der Waals surface area contributed by atoms with Crippen LogP contribution >= 0.6 is 0 Å². The van der Waals surface area contributed by atoms with Gasteiger partial charge in [-0.05, 0) is 57.7 Å². The predicted octanol–water partition coefficient (Wildman–Crippen LogP) is 2.69. The summed E-state index contributed by atoms with van der Waals surface area (Å²) in [5, 5.41) is 0. The molecule has 3 heteroatoms. The van der Waals surface area contributed by atoms with E-state index in [1.807, 2.05) is 0 Å². The molecule has 114 valence electrons. The fourth-order valence-electron chi connectivity index (χ4n) is 2.47. The molecule has 2 N–H and O–H groups in total. The fraction of sp³-hybridized carbons (Fsp3) is 0.647. The van der Waals surface area contributed by atoms with E-state index in [0.29, 0.717) is 18.5 Å². The Bertz CT molecular complexity index is 370. The van der Waals surface area contributed by atoms with Crippen molar-refractivity contribution in [3.8, 4) is 0 Å². The first-order valence-electron chi connectivity index (χ1n) is 7.60. The SMILES string of the molecule is CC(C)c1ccc(C(CN)N(C)CCCN(C)C)cc1. The largest absolute Gasteiger partial charge is 0.329 e. The lowest BCUT2D eigenvalue weighted by Crippen LogP contribution is -2.32. The van der Waals surface area contributed by atoms with Gasteiger partial charge in [0.2, 0.25) is 0 Å². The highest BCUT2D eigenvalue weighted by Gasteiger charge is 2.15. The normalized spacial score (nSPS) is 13.4. The Labute approximate surface area is 124 Å². The van der Waals surface area contributed by atoms with Crippen molar-refractivity contribution in [1.82, 2.24) is 9.80 Å². The van der Waals surface area contributed by atoms with Crippen LogP contribution in [0.5, 0.6) is 0 Å². The number of nitrogens with two attached hydrogens (primary N) is 1. The molecule has 0 fully saturated rings. The van der Waals surface area contributed by atoms with Gasteiger partial charge in [-0.1, -0.05) is 38.1 Å². The fourth-order valence-corrected chi connectivity index (χ4v) is 2.47. The molecule has 1 rings (SSSR count). The molecule has 0 aliphatic carbocycles. The minimum atomic E-state index is 0.318. The second-order valence-electron chi connectivity index (χ2n) is 6.21. The Balaban J connectivity index is 2.64. The lowest BCUT2D eigenvalue weighted by molar-refractivity contribution is 0.235. The van der Waals surface area contributed by atoms with Crippen molar-refractivity contribution >= 4 is 0 Å². The second-order valence-corrected chi connectivity index (χ2v) is 6.21. The van der Waals surface area contributed by atoms with Crippen LogP contribution in [0, 0.1) is 0 Å². The molecule has 0 radical (unpaired) electrons. The molecular weight excluding hydrogens is 246 g/mol. The molecule has 0 aromatic heterocycles. The van der Waals surface area contributed by atoms with Gasteiger partial charge in [0.1, 0.15) is 0 Å². The predicted molar refractivity (Wildman–Crippen MR) is 88.1 cm³/mol. The van der Waals surface area contributed by atoms with E-state index < -0.39 is 0 Å². The summed E-state index contributed by atoms with van der Waals surface area (Å²) in [6.45, 7) is 7.31. The van der Waals surface area contributed by atoms with Crippen molar-refractivity contribution in [1.29, 1.82) is 0 Å². The third-order valence-corrected chi connectivity index (χ3v) is 3.86. The Kier molecular flexibility index (Phi) is 7.20. The highest BCUT2D eigenvalue weighted by atomic mass is 15.1. The third kappa shape index (κ3) is 5.23. The van der Waals surface area contributed by atoms with Crippen molar-refractivity contribution in [2.24, 2.45) is 5.73 Å². The van der Waals surface area contributed by atoms with Crippen molar-refractivity contribution in [3.63, 3.8) is 0 Å². The van der Waals surface area contributed by atoms with Crippen LogP contribution in [0.15, 0.2) is 24.3 Å². The summed E-state index contributed by atoms with van der Waals surface area (Å²) >= 11 is 0. The molecule has 20 heavy (non-hydrogen) atoms. The molecule has 0 spiro atoms. The molecule has 1 aromatic rings. The van der Waals surface area contributed by atoms with Gasteiger partial charge in [0, 0.05) is 12.6 Å². The van der Waals surface area contributed by atoms with Gasteiger partial charge in [-0.25, -0.2) is 0 Å². The number of rotatable bonds is 8. The van der Waals surface area contributed by atoms with Crippen LogP contribution in [0.25, 0.3) is 0 Å². The molecule has 0 saturated carbocycles. The maximum Gasteiger partial charge on any atom is 0.0467 e. The first kappa shape index (κ1) is 17.2. The lowest BCUT2D eigenvalue weighted by Gasteiger charge is -2.28. The Morgan fingerprint density at radius 2 is 1.50 bits per heavy atom. The van der Waals surface area contributed by atoms with Crippen molar-refractivity contribution in [2.75, 3.05) is 40.8 Å². The van der Waals surface area contributed by atoms with E-state index in [9.17, 15) is 0 Å². The van der Waals surface area contributed by atoms with E-state index in [-0.39, 0.29) is 0 Å². The van der Waals surface area contributed by atoms with Gasteiger partial charge in [0.25, 0.3) is 0 Å². The molecule has 0 amide bonds. The summed E-state index contributed by atoms with van der Waals surface area (Å²) in [6.07, 6.45) is 1.17. The lowest BCUT2D eigenvalue weighted by atomic mass is 9.98. The van der Waals surface area contributed by atoms with E-state index in [2.05, 4.69) is 69.1 Å². The van der Waals surface area contributed by atoms with E-state index in [1.165, 1.54) is 17.5 Å². The third-order valence-electron chi connectivity index (χ3n) is 3.86. The summed E-state index contributed by atoms with van der Waals surface area (Å²) in [4.78, 5) is 4.59. The first-order chi connectivity index (χ1) is 9.45. The van der Waals surface area contributed by atoms with Crippen LogP contribution in [-0.2, 0) is 0 Å². The minimum Gasteiger partial charge on any atom is -0.329 e. The van der Waals surface area contributed by atoms with Gasteiger partial charge >= 0.3 is 0 Å². The van der Waals surface area contributed by atoms with Crippen LogP contribution in [-0.4, -0.2) is 50.6 Å². The highest BCUT2D eigenvalue weighted by Crippen LogP contribution is 2.21. The molecule has 1 aromatic carbocycles. The van der Waals surface area contributed by atoms with Gasteiger partial charge in [-0.2, -0.15) is 0 Å². The zero-order valence-corrected chi connectivity index (χ0v) is 13.8. The van der Waals surface area contributed by atoms with Crippen LogP contribution in [0.1, 0.15) is 43.4 Å². The maximum absolute atomic E-state index is 5.98. The summed E-state index contributed by atoms with van der Waals surface area (Å²) in [6, 6.07) is 9.25. The quantitative estimate of drug-likeness (QED) is 0.793. The molecule has 0 aliphatic rings. The Morgan fingerprint density at radius 1 is 0.950 bits per heavy atom. The van der Waals surface area contributed by atoms with E-state index in [4.69, 9.17) is 5.73 Å². The molecule has 0 bridgehead atoms. The second kappa shape index (κ2) is 8.40. The van der Waals surface area contributed by atoms with Gasteiger partial charge in [0.15, 0.2) is 0 Å². The summed E-state index contributed by atoms with van der Waals surface area (Å²) in [5.74, 6) is 0.582. The number of nitrogens with zero attached hydrogens (tertiary/aromatic N) is 2. The zero-order chi connectivity index (χ0) is 15.1. The van der Waals surface area contributed by atoms with Crippen molar-refractivity contribution in [3.05, 3.63) is 35.4 Å². The van der Waals surface area contributed by atoms with E-state index in [1.54, 1.807) is 0 Å². The topological polar surface area (TPSA) is 32.5 Å². The minimum absolute atomic E-state index is 0.318. The number of likely N-dealkylation sites (N-methyl/N-ethyl adjacent to an activating group) is 1. The smallest absolute Gasteiger partial charge is 0.0467 e. The molecule has 3 nitrogen and oxygen atoms in total. The molecular formula is C17H31N3. The molecule has 0 aliphatic heterocycles. The van der Waals surface area contributed by atoms with Crippen LogP contribution in [0.4, 0.5) is 0 Å².